The molecule has 7 heteroatoms. The molecule has 1 unspecified atom stereocenters. The van der Waals surface area contributed by atoms with Gasteiger partial charge in [0.2, 0.25) is 5.91 Å². The number of nitriles is 1. The Kier molecular flexibility index (Phi) is 5.77. The fraction of sp³-hybridized carbons (Fsp3) is 0.375. The van der Waals surface area contributed by atoms with Crippen LogP contribution in [0.2, 0.25) is 0 Å². The lowest BCUT2D eigenvalue weighted by Crippen LogP contribution is -2.37. The van der Waals surface area contributed by atoms with E-state index in [0.29, 0.717) is 18.1 Å². The molecule has 0 aliphatic rings. The molecule has 0 fully saturated rings. The van der Waals surface area contributed by atoms with Crippen molar-refractivity contribution in [1.29, 1.82) is 5.26 Å². The van der Waals surface area contributed by atoms with Crippen LogP contribution in [-0.2, 0) is 11.8 Å². The van der Waals surface area contributed by atoms with E-state index < -0.39 is 0 Å². The first-order chi connectivity index (χ1) is 11.0. The Bertz CT molecular complexity index is 704. The Morgan fingerprint density at radius 1 is 1.43 bits per heavy atom. The fourth-order valence-corrected chi connectivity index (χ4v) is 2.91. The van der Waals surface area contributed by atoms with E-state index in [0.717, 1.165) is 11.3 Å². The second kappa shape index (κ2) is 7.79. The first-order valence-corrected chi connectivity index (χ1v) is 8.16. The monoisotopic (exact) mass is 329 g/mol. The maximum absolute atomic E-state index is 12.8. The lowest BCUT2D eigenvalue weighted by Gasteiger charge is -2.24. The van der Waals surface area contributed by atoms with Crippen molar-refractivity contribution in [1.82, 2.24) is 14.8 Å². The van der Waals surface area contributed by atoms with Gasteiger partial charge in [0.25, 0.3) is 0 Å². The third-order valence-corrected chi connectivity index (χ3v) is 4.49. The Labute approximate surface area is 140 Å². The molecule has 0 aliphatic carbocycles. The topological polar surface area (TPSA) is 74.8 Å². The quantitative estimate of drug-likeness (QED) is 0.761. The zero-order chi connectivity index (χ0) is 16.8. The summed E-state index contributed by atoms with van der Waals surface area (Å²) >= 11 is 1.36. The standard InChI is InChI=1S/C16H19N5OS/c1-12-5-7-14(8-6-12)21(10-4-9-17)15(22)13(2)23-16-19-18-11-20(16)3/h5-8,11,13H,4,10H2,1-3H3. The van der Waals surface area contributed by atoms with E-state index in [4.69, 9.17) is 5.26 Å². The van der Waals surface area contributed by atoms with Gasteiger partial charge in [-0.3, -0.25) is 4.79 Å². The molecule has 0 saturated heterocycles. The number of carbonyl (C=O) groups excluding carboxylic acids is 1. The second-order valence-electron chi connectivity index (χ2n) is 5.22. The van der Waals surface area contributed by atoms with Crippen molar-refractivity contribution in [3.8, 4) is 6.07 Å². The number of benzene rings is 1. The molecule has 1 heterocycles. The molecule has 0 saturated carbocycles. The number of anilines is 1. The van der Waals surface area contributed by atoms with Crippen LogP contribution in [0.25, 0.3) is 0 Å². The Morgan fingerprint density at radius 3 is 2.70 bits per heavy atom. The summed E-state index contributed by atoms with van der Waals surface area (Å²) in [4.78, 5) is 14.5. The van der Waals surface area contributed by atoms with Gasteiger partial charge < -0.3 is 9.47 Å². The molecule has 120 valence electrons. The Balaban J connectivity index is 2.17. The molecule has 23 heavy (non-hydrogen) atoms. The minimum absolute atomic E-state index is 0.0443. The highest BCUT2D eigenvalue weighted by atomic mass is 32.2. The highest BCUT2D eigenvalue weighted by Gasteiger charge is 2.24. The summed E-state index contributed by atoms with van der Waals surface area (Å²) in [6.07, 6.45) is 1.90. The van der Waals surface area contributed by atoms with E-state index in [2.05, 4.69) is 16.3 Å². The predicted molar refractivity (Wildman–Crippen MR) is 90.1 cm³/mol. The van der Waals surface area contributed by atoms with Crippen LogP contribution >= 0.6 is 11.8 Å². The van der Waals surface area contributed by atoms with Gasteiger partial charge in [0.1, 0.15) is 6.33 Å². The van der Waals surface area contributed by atoms with Crippen molar-refractivity contribution in [2.75, 3.05) is 11.4 Å². The van der Waals surface area contributed by atoms with Gasteiger partial charge in [-0.1, -0.05) is 29.5 Å². The highest BCUT2D eigenvalue weighted by molar-refractivity contribution is 8.00. The number of amides is 1. The van der Waals surface area contributed by atoms with Gasteiger partial charge in [-0.05, 0) is 26.0 Å². The molecule has 0 spiro atoms. The summed E-state index contributed by atoms with van der Waals surface area (Å²) < 4.78 is 1.78. The number of hydrogen-bond acceptors (Lipinski definition) is 5. The maximum atomic E-state index is 12.8. The highest BCUT2D eigenvalue weighted by Crippen LogP contribution is 2.24. The van der Waals surface area contributed by atoms with Gasteiger partial charge in [0, 0.05) is 19.3 Å². The van der Waals surface area contributed by atoms with Crippen molar-refractivity contribution in [3.63, 3.8) is 0 Å². The summed E-state index contributed by atoms with van der Waals surface area (Å²) in [7, 11) is 1.84. The van der Waals surface area contributed by atoms with Crippen molar-refractivity contribution < 1.29 is 4.79 Å². The molecule has 2 aromatic rings. The molecular formula is C16H19N5OS. The first-order valence-electron chi connectivity index (χ1n) is 7.28. The summed E-state index contributed by atoms with van der Waals surface area (Å²) in [5, 5.41) is 17.0. The van der Waals surface area contributed by atoms with E-state index in [-0.39, 0.29) is 11.2 Å². The lowest BCUT2D eigenvalue weighted by atomic mass is 10.2. The van der Waals surface area contributed by atoms with Crippen LogP contribution in [0.3, 0.4) is 0 Å². The molecule has 1 amide bonds. The smallest absolute Gasteiger partial charge is 0.240 e. The SMILES string of the molecule is Cc1ccc(N(CCC#N)C(=O)C(C)Sc2nncn2C)cc1. The molecule has 1 aromatic heterocycles. The number of carbonyl (C=O) groups is 1. The van der Waals surface area contributed by atoms with E-state index in [1.54, 1.807) is 15.8 Å². The normalized spacial score (nSPS) is 11.7. The third kappa shape index (κ3) is 4.33. The van der Waals surface area contributed by atoms with Crippen molar-refractivity contribution in [2.45, 2.75) is 30.7 Å². The van der Waals surface area contributed by atoms with Gasteiger partial charge in [-0.15, -0.1) is 10.2 Å². The predicted octanol–water partition coefficient (Wildman–Crippen LogP) is 2.55. The van der Waals surface area contributed by atoms with E-state index in [1.807, 2.05) is 45.2 Å². The number of aromatic nitrogens is 3. The largest absolute Gasteiger partial charge is 0.312 e. The van der Waals surface area contributed by atoms with E-state index in [1.165, 1.54) is 11.8 Å². The maximum Gasteiger partial charge on any atom is 0.240 e. The van der Waals surface area contributed by atoms with Gasteiger partial charge in [-0.2, -0.15) is 5.26 Å². The number of rotatable bonds is 6. The van der Waals surface area contributed by atoms with Gasteiger partial charge >= 0.3 is 0 Å². The summed E-state index contributed by atoms with van der Waals surface area (Å²) in [5.41, 5.74) is 1.93. The van der Waals surface area contributed by atoms with Crippen LogP contribution in [0, 0.1) is 18.3 Å². The fourth-order valence-electron chi connectivity index (χ4n) is 2.06. The molecule has 0 aliphatic heterocycles. The van der Waals surface area contributed by atoms with Crippen LogP contribution in [0.15, 0.2) is 35.7 Å². The second-order valence-corrected chi connectivity index (χ2v) is 6.53. The molecule has 2 rings (SSSR count). The summed E-state index contributed by atoms with van der Waals surface area (Å²) in [6.45, 7) is 4.22. The minimum atomic E-state index is -0.321. The van der Waals surface area contributed by atoms with Crippen LogP contribution in [0.1, 0.15) is 18.9 Å². The van der Waals surface area contributed by atoms with Crippen LogP contribution in [0.5, 0.6) is 0 Å². The minimum Gasteiger partial charge on any atom is -0.312 e. The van der Waals surface area contributed by atoms with Crippen LogP contribution in [-0.4, -0.2) is 32.5 Å². The number of nitrogens with zero attached hydrogens (tertiary/aromatic N) is 5. The molecule has 0 bridgehead atoms. The molecule has 1 atom stereocenters. The Morgan fingerprint density at radius 2 is 2.13 bits per heavy atom. The number of aryl methyl sites for hydroxylation is 2. The zero-order valence-electron chi connectivity index (χ0n) is 13.4. The van der Waals surface area contributed by atoms with E-state index in [9.17, 15) is 4.79 Å². The van der Waals surface area contributed by atoms with Crippen molar-refractivity contribution in [3.05, 3.63) is 36.2 Å². The number of thioether (sulfide) groups is 1. The van der Waals surface area contributed by atoms with Gasteiger partial charge in [0.15, 0.2) is 5.16 Å². The Hall–Kier alpha value is -2.33. The molecule has 1 aromatic carbocycles. The van der Waals surface area contributed by atoms with Crippen molar-refractivity contribution >= 4 is 23.4 Å². The molecule has 6 nitrogen and oxygen atoms in total. The van der Waals surface area contributed by atoms with E-state index >= 15 is 0 Å². The van der Waals surface area contributed by atoms with Gasteiger partial charge in [0.05, 0.1) is 17.7 Å². The van der Waals surface area contributed by atoms with Crippen molar-refractivity contribution in [2.24, 2.45) is 7.05 Å². The lowest BCUT2D eigenvalue weighted by molar-refractivity contribution is -0.117. The molecule has 0 N–H and O–H groups in total. The molecule has 0 radical (unpaired) electrons. The van der Waals surface area contributed by atoms with Crippen LogP contribution in [0.4, 0.5) is 5.69 Å². The summed E-state index contributed by atoms with van der Waals surface area (Å²) in [5.74, 6) is -0.0443. The zero-order valence-corrected chi connectivity index (χ0v) is 14.2. The average Bonchev–Trinajstić information content (AvgIpc) is 2.94. The summed E-state index contributed by atoms with van der Waals surface area (Å²) in [6, 6.07) is 9.84. The number of hydrogen-bond donors (Lipinski definition) is 0. The van der Waals surface area contributed by atoms with Gasteiger partial charge in [-0.25, -0.2) is 0 Å². The third-order valence-electron chi connectivity index (χ3n) is 3.36. The first kappa shape index (κ1) is 17.0. The molecular weight excluding hydrogens is 310 g/mol. The average molecular weight is 329 g/mol. The van der Waals surface area contributed by atoms with Crippen LogP contribution < -0.4 is 4.90 Å².